The Hall–Kier alpha value is -6.02. The Bertz CT molecular complexity index is 2240. The molecule has 0 fully saturated rings. The smallest absolute Gasteiger partial charge is 0.257 e. The first-order chi connectivity index (χ1) is 23.0. The van der Waals surface area contributed by atoms with Crippen molar-refractivity contribution < 1.29 is 14.3 Å². The first-order valence-corrected chi connectivity index (χ1v) is 16.1. The minimum Gasteiger partial charge on any atom is -0.481 e. The molecule has 0 aliphatic carbocycles. The average Bonchev–Trinajstić information content (AvgIpc) is 3.82. The first kappa shape index (κ1) is 29.7. The predicted molar refractivity (Wildman–Crippen MR) is 182 cm³/mol. The summed E-state index contributed by atoms with van der Waals surface area (Å²) in [7, 11) is 0. The van der Waals surface area contributed by atoms with Gasteiger partial charge in [0, 0.05) is 24.2 Å². The Kier molecular flexibility index (Phi) is 8.06. The second kappa shape index (κ2) is 12.8. The molecule has 0 spiro atoms. The van der Waals surface area contributed by atoms with E-state index in [1.54, 1.807) is 18.2 Å². The zero-order valence-corrected chi connectivity index (χ0v) is 26.2. The quantitative estimate of drug-likeness (QED) is 0.145. The predicted octanol–water partition coefficient (Wildman–Crippen LogP) is 5.65. The molecule has 7 rings (SSSR count). The third-order valence-electron chi connectivity index (χ3n) is 7.60. The molecule has 4 heterocycles. The van der Waals surface area contributed by atoms with E-state index in [0.29, 0.717) is 57.1 Å². The summed E-state index contributed by atoms with van der Waals surface area (Å²) in [5.74, 6) is 6.46. The number of aromatic amines is 1. The van der Waals surface area contributed by atoms with Crippen LogP contribution < -0.4 is 20.7 Å². The molecule has 0 saturated carbocycles. The maximum atomic E-state index is 13.4. The molecule has 11 nitrogen and oxygen atoms in total. The van der Waals surface area contributed by atoms with Crippen molar-refractivity contribution in [3.05, 3.63) is 99.6 Å². The van der Waals surface area contributed by atoms with Crippen LogP contribution in [0.1, 0.15) is 42.4 Å². The number of rotatable bonds is 7. The van der Waals surface area contributed by atoms with Crippen LogP contribution in [0.25, 0.3) is 21.5 Å². The summed E-state index contributed by atoms with van der Waals surface area (Å²) in [5.41, 5.74) is 11.0. The minimum absolute atomic E-state index is 0.0649. The number of nitrogens with zero attached hydrogens (tertiary/aromatic N) is 5. The van der Waals surface area contributed by atoms with Crippen molar-refractivity contribution in [3.8, 4) is 34.9 Å². The summed E-state index contributed by atoms with van der Waals surface area (Å²) >= 11 is 2.76. The van der Waals surface area contributed by atoms with E-state index in [1.807, 2.05) is 48.5 Å². The van der Waals surface area contributed by atoms with Crippen LogP contribution in [0.2, 0.25) is 0 Å². The number of fused-ring (bicyclic) bond motifs is 2. The lowest BCUT2D eigenvalue weighted by atomic mass is 9.94. The van der Waals surface area contributed by atoms with Crippen molar-refractivity contribution in [2.24, 2.45) is 0 Å². The van der Waals surface area contributed by atoms with E-state index in [-0.39, 0.29) is 29.6 Å². The fourth-order valence-electron chi connectivity index (χ4n) is 5.33. The molecule has 230 valence electrons. The van der Waals surface area contributed by atoms with Crippen LogP contribution in [0.4, 0.5) is 16.1 Å². The normalized spacial score (nSPS) is 12.1. The number of thiazole rings is 2. The fourth-order valence-corrected chi connectivity index (χ4v) is 7.12. The van der Waals surface area contributed by atoms with Gasteiger partial charge in [0.2, 0.25) is 0 Å². The molecule has 1 amide bonds. The highest BCUT2D eigenvalue weighted by Gasteiger charge is 2.25. The first-order valence-electron chi connectivity index (χ1n) is 14.5. The second-order valence-electron chi connectivity index (χ2n) is 10.5. The van der Waals surface area contributed by atoms with Gasteiger partial charge < -0.3 is 15.4 Å². The van der Waals surface area contributed by atoms with Gasteiger partial charge in [0.1, 0.15) is 34.6 Å². The van der Waals surface area contributed by atoms with Gasteiger partial charge >= 0.3 is 0 Å². The molecular weight excluding hydrogens is 633 g/mol. The Balaban J connectivity index is 1.05. The number of hydrogen-bond acceptors (Lipinski definition) is 11. The molecule has 1 aliphatic heterocycles. The van der Waals surface area contributed by atoms with Gasteiger partial charge in [0.25, 0.3) is 5.91 Å². The van der Waals surface area contributed by atoms with Crippen LogP contribution in [-0.4, -0.2) is 45.5 Å². The third kappa shape index (κ3) is 6.01. The SMILES string of the molecule is N#Cc1c(N)n[nH]c1-c1cccc(OCC#Cc2sc(N3CCc4cccc(C(=O)Nc5nc6ccccc6s5)c4C3)nc2C=O)c1. The summed E-state index contributed by atoms with van der Waals surface area (Å²) in [6.07, 6.45) is 1.43. The highest BCUT2D eigenvalue weighted by molar-refractivity contribution is 7.22. The molecule has 3 aromatic carbocycles. The number of carbonyl (C=O) groups excluding carboxylic acids is 2. The van der Waals surface area contributed by atoms with Crippen molar-refractivity contribution in [2.45, 2.75) is 13.0 Å². The number of nitriles is 1. The molecule has 0 radical (unpaired) electrons. The van der Waals surface area contributed by atoms with E-state index in [4.69, 9.17) is 10.5 Å². The number of carbonyl (C=O) groups is 2. The monoisotopic (exact) mass is 656 g/mol. The number of aromatic nitrogens is 4. The van der Waals surface area contributed by atoms with E-state index in [2.05, 4.69) is 48.3 Å². The van der Waals surface area contributed by atoms with Crippen molar-refractivity contribution >= 4 is 61.2 Å². The number of benzene rings is 3. The molecule has 0 atom stereocenters. The zero-order valence-electron chi connectivity index (χ0n) is 24.6. The van der Waals surface area contributed by atoms with Gasteiger partial charge in [0.15, 0.2) is 22.4 Å². The summed E-state index contributed by atoms with van der Waals surface area (Å²) in [6, 6.07) is 22.7. The van der Waals surface area contributed by atoms with E-state index in [1.165, 1.54) is 22.7 Å². The number of hydrogen-bond donors (Lipinski definition) is 3. The Labute approximate surface area is 276 Å². The van der Waals surface area contributed by atoms with Gasteiger partial charge in [-0.05, 0) is 53.8 Å². The van der Waals surface area contributed by atoms with Gasteiger partial charge in [-0.3, -0.25) is 20.0 Å². The number of amides is 1. The highest BCUT2D eigenvalue weighted by atomic mass is 32.1. The second-order valence-corrected chi connectivity index (χ2v) is 12.5. The van der Waals surface area contributed by atoms with Crippen LogP contribution in [0.5, 0.6) is 5.75 Å². The maximum absolute atomic E-state index is 13.4. The molecular formula is C34H24N8O3S2. The van der Waals surface area contributed by atoms with Crippen molar-refractivity contribution in [3.63, 3.8) is 0 Å². The van der Waals surface area contributed by atoms with E-state index in [0.717, 1.165) is 27.8 Å². The molecule has 4 N–H and O–H groups in total. The van der Waals surface area contributed by atoms with Crippen LogP contribution in [0.3, 0.4) is 0 Å². The van der Waals surface area contributed by atoms with Crippen LogP contribution in [0, 0.1) is 23.2 Å². The van der Waals surface area contributed by atoms with Crippen molar-refractivity contribution in [1.29, 1.82) is 5.26 Å². The summed E-state index contributed by atoms with van der Waals surface area (Å²) in [6.45, 7) is 1.21. The topological polar surface area (TPSA) is 163 Å². The summed E-state index contributed by atoms with van der Waals surface area (Å²) < 4.78 is 6.83. The number of aldehydes is 1. The lowest BCUT2D eigenvalue weighted by Gasteiger charge is -2.29. The molecule has 47 heavy (non-hydrogen) atoms. The maximum Gasteiger partial charge on any atom is 0.257 e. The fraction of sp³-hybridized carbons (Fsp3) is 0.118. The van der Waals surface area contributed by atoms with E-state index in [9.17, 15) is 14.9 Å². The molecule has 13 heteroatoms. The Morgan fingerprint density at radius 2 is 2.00 bits per heavy atom. The zero-order chi connectivity index (χ0) is 32.3. The average molecular weight is 657 g/mol. The third-order valence-corrected chi connectivity index (χ3v) is 9.60. The van der Waals surface area contributed by atoms with Crippen molar-refractivity contribution in [1.82, 2.24) is 20.2 Å². The summed E-state index contributed by atoms with van der Waals surface area (Å²) in [4.78, 5) is 37.0. The van der Waals surface area contributed by atoms with E-state index < -0.39 is 0 Å². The number of nitrogens with two attached hydrogens (primary N) is 1. The number of anilines is 3. The van der Waals surface area contributed by atoms with Crippen LogP contribution in [0.15, 0.2) is 66.7 Å². The van der Waals surface area contributed by atoms with Gasteiger partial charge in [0.05, 0.1) is 15.9 Å². The number of H-pyrrole nitrogens is 1. The lowest BCUT2D eigenvalue weighted by molar-refractivity contribution is 0.102. The van der Waals surface area contributed by atoms with Crippen LogP contribution >= 0.6 is 22.7 Å². The number of nitrogens with one attached hydrogen (secondary N) is 2. The molecule has 6 aromatic rings. The standard InChI is InChI=1S/C34H24N8O3S2/c35-17-24-30(40-41-31(24)36)21-7-3-8-22(16-21)45-15-5-12-29-27(19-43)38-34(47-29)42-14-13-20-6-4-9-23(25(20)18-42)32(44)39-33-37-26-10-1-2-11-28(26)46-33/h1-4,6-11,16,19H,13-15,18H2,(H3,36,40,41)(H,37,39,44). The molecule has 0 saturated heterocycles. The molecule has 3 aromatic heterocycles. The number of ether oxygens (including phenoxy) is 1. The van der Waals surface area contributed by atoms with Gasteiger partial charge in [-0.15, -0.1) is 0 Å². The minimum atomic E-state index is -0.216. The van der Waals surface area contributed by atoms with Crippen LogP contribution in [-0.2, 0) is 13.0 Å². The van der Waals surface area contributed by atoms with Gasteiger partial charge in [-0.2, -0.15) is 10.4 Å². The number of para-hydroxylation sites is 1. The van der Waals surface area contributed by atoms with Crippen molar-refractivity contribution in [2.75, 3.05) is 29.1 Å². The Morgan fingerprint density at radius 1 is 1.13 bits per heavy atom. The van der Waals surface area contributed by atoms with E-state index >= 15 is 0 Å². The highest BCUT2D eigenvalue weighted by Crippen LogP contribution is 2.32. The largest absolute Gasteiger partial charge is 0.481 e. The molecule has 0 bridgehead atoms. The molecule has 0 unspecified atom stereocenters. The number of nitrogen functional groups attached to an aromatic ring is 1. The van der Waals surface area contributed by atoms with Gasteiger partial charge in [-0.25, -0.2) is 9.97 Å². The molecule has 1 aliphatic rings. The lowest BCUT2D eigenvalue weighted by Crippen LogP contribution is -2.32. The Morgan fingerprint density at radius 3 is 2.85 bits per heavy atom. The summed E-state index contributed by atoms with van der Waals surface area (Å²) in [5, 5.41) is 20.3. The van der Waals surface area contributed by atoms with Gasteiger partial charge in [-0.1, -0.05) is 65.0 Å².